The Morgan fingerprint density at radius 3 is 2.12 bits per heavy atom. The van der Waals surface area contributed by atoms with E-state index in [4.69, 9.17) is 0 Å². The van der Waals surface area contributed by atoms with Crippen molar-refractivity contribution < 1.29 is 5.11 Å². The lowest BCUT2D eigenvalue weighted by Gasteiger charge is -2.38. The lowest BCUT2D eigenvalue weighted by atomic mass is 10.0. The first-order valence-electron chi connectivity index (χ1n) is 5.67. The van der Waals surface area contributed by atoms with Crippen LogP contribution < -0.4 is 0 Å². The van der Waals surface area contributed by atoms with Gasteiger partial charge in [-0.15, -0.1) is 11.7 Å². The molecule has 0 rings (SSSR count). The van der Waals surface area contributed by atoms with Gasteiger partial charge in [-0.1, -0.05) is 25.6 Å². The van der Waals surface area contributed by atoms with Gasteiger partial charge in [-0.3, -0.25) is 0 Å². The van der Waals surface area contributed by atoms with Crippen molar-refractivity contribution in [1.29, 1.82) is 0 Å². The summed E-state index contributed by atoms with van der Waals surface area (Å²) in [5, 5.41) is 9.97. The lowest BCUT2D eigenvalue weighted by Crippen LogP contribution is -2.44. The van der Waals surface area contributed by atoms with Crippen molar-refractivity contribution >= 4 is 8.07 Å². The summed E-state index contributed by atoms with van der Waals surface area (Å²) in [5.41, 5.74) is 4.15. The third-order valence-electron chi connectivity index (χ3n) is 3.06. The molecule has 16 heavy (non-hydrogen) atoms. The minimum absolute atomic E-state index is 0.315. The van der Waals surface area contributed by atoms with Crippen LogP contribution in [0.3, 0.4) is 0 Å². The van der Waals surface area contributed by atoms with E-state index in [9.17, 15) is 5.11 Å². The van der Waals surface area contributed by atoms with Crippen molar-refractivity contribution in [3.05, 3.63) is 17.4 Å². The molecule has 0 aromatic rings. The second kappa shape index (κ2) is 5.55. The third-order valence-corrected chi connectivity index (χ3v) is 6.60. The molecule has 0 bridgehead atoms. The molecule has 0 heterocycles. The average molecular weight is 236 g/mol. The van der Waals surface area contributed by atoms with Gasteiger partial charge in [-0.05, 0) is 39.3 Å². The molecule has 0 aliphatic heterocycles. The van der Waals surface area contributed by atoms with Crippen LogP contribution in [-0.2, 0) is 0 Å². The normalized spacial score (nSPS) is 16.2. The Labute approximate surface area is 101 Å². The number of hydrogen-bond donors (Lipinski definition) is 1. The first kappa shape index (κ1) is 15.3. The summed E-state index contributed by atoms with van der Waals surface area (Å²) in [6.07, 6.45) is 1.21. The van der Waals surface area contributed by atoms with E-state index in [1.807, 2.05) is 20.8 Å². The highest BCUT2D eigenvalue weighted by atomic mass is 28.3. The zero-order valence-electron chi connectivity index (χ0n) is 11.6. The molecule has 0 unspecified atom stereocenters. The van der Waals surface area contributed by atoms with E-state index >= 15 is 0 Å². The molecule has 1 N–H and O–H groups in total. The quantitative estimate of drug-likeness (QED) is 0.451. The molecule has 0 amide bonds. The highest BCUT2D eigenvalue weighted by molar-refractivity contribution is 6.80. The molecule has 0 spiro atoms. The second-order valence-corrected chi connectivity index (χ2v) is 11.1. The van der Waals surface area contributed by atoms with Gasteiger partial charge in [0.1, 0.15) is 0 Å². The van der Waals surface area contributed by atoms with Crippen molar-refractivity contribution in [2.24, 2.45) is 0 Å². The van der Waals surface area contributed by atoms with Crippen LogP contribution in [0.2, 0.25) is 24.7 Å². The maximum absolute atomic E-state index is 10.3. The number of aliphatic hydroxyl groups excluding tert-OH is 1. The van der Waals surface area contributed by atoms with Crippen molar-refractivity contribution in [1.82, 2.24) is 0 Å². The summed E-state index contributed by atoms with van der Waals surface area (Å²) < 4.78 is 0. The van der Waals surface area contributed by atoms with Crippen LogP contribution in [0.4, 0.5) is 0 Å². The predicted octanol–water partition coefficient (Wildman–Crippen LogP) is 3.59. The summed E-state index contributed by atoms with van der Waals surface area (Å²) >= 11 is 0. The summed E-state index contributed by atoms with van der Waals surface area (Å²) in [6, 6.07) is 0. The Hall–Kier alpha value is -0.743. The van der Waals surface area contributed by atoms with Gasteiger partial charge in [0.2, 0.25) is 0 Å². The van der Waals surface area contributed by atoms with E-state index in [2.05, 4.69) is 44.1 Å². The minimum Gasteiger partial charge on any atom is -0.387 e. The van der Waals surface area contributed by atoms with Gasteiger partial charge in [0.15, 0.2) is 0 Å². The standard InChI is InChI=1S/C14H24OSi/c1-8-11-14(4,16(5,6)7)13(15)10-9-12(2)3/h10,13,15H,1-7H3/t13-,14-/m1/s1. The topological polar surface area (TPSA) is 20.2 Å². The molecule has 90 valence electrons. The Bertz CT molecular complexity index is 354. The Balaban J connectivity index is 5.38. The highest BCUT2D eigenvalue weighted by Crippen LogP contribution is 2.40. The smallest absolute Gasteiger partial charge is 0.0930 e. The lowest BCUT2D eigenvalue weighted by molar-refractivity contribution is 0.192. The number of rotatable bonds is 3. The van der Waals surface area contributed by atoms with Crippen LogP contribution in [0.25, 0.3) is 0 Å². The van der Waals surface area contributed by atoms with Gasteiger partial charge < -0.3 is 5.11 Å². The van der Waals surface area contributed by atoms with Crippen LogP contribution in [-0.4, -0.2) is 19.3 Å². The Kier molecular flexibility index (Phi) is 5.29. The highest BCUT2D eigenvalue weighted by Gasteiger charge is 2.42. The van der Waals surface area contributed by atoms with E-state index in [0.717, 1.165) is 5.57 Å². The SMILES string of the molecule is CC#C[C@](C)([C@H](O)C=C=C(C)C)[Si](C)(C)C. The fourth-order valence-corrected chi connectivity index (χ4v) is 2.85. The molecule has 0 aliphatic carbocycles. The van der Waals surface area contributed by atoms with Gasteiger partial charge in [0.05, 0.1) is 19.2 Å². The fourth-order valence-electron chi connectivity index (χ4n) is 1.38. The van der Waals surface area contributed by atoms with E-state index in [0.29, 0.717) is 0 Å². The molecule has 0 aromatic heterocycles. The maximum Gasteiger partial charge on any atom is 0.0930 e. The monoisotopic (exact) mass is 236 g/mol. The molecule has 0 radical (unpaired) electrons. The zero-order chi connectivity index (χ0) is 13.0. The van der Waals surface area contributed by atoms with Crippen molar-refractivity contribution in [2.75, 3.05) is 0 Å². The summed E-state index contributed by atoms with van der Waals surface area (Å²) in [4.78, 5) is 0. The summed E-state index contributed by atoms with van der Waals surface area (Å²) in [7, 11) is -1.57. The van der Waals surface area contributed by atoms with Crippen LogP contribution >= 0.6 is 0 Å². The minimum atomic E-state index is -1.57. The molecule has 0 saturated carbocycles. The third kappa shape index (κ3) is 3.68. The molecule has 0 saturated heterocycles. The maximum atomic E-state index is 10.3. The van der Waals surface area contributed by atoms with Crippen molar-refractivity contribution in [3.8, 4) is 11.8 Å². The Morgan fingerprint density at radius 1 is 1.31 bits per heavy atom. The predicted molar refractivity (Wildman–Crippen MR) is 74.1 cm³/mol. The molecular formula is C14H24OSi. The average Bonchev–Trinajstić information content (AvgIpc) is 2.12. The second-order valence-electron chi connectivity index (χ2n) is 5.58. The van der Waals surface area contributed by atoms with E-state index in [1.54, 1.807) is 6.08 Å². The van der Waals surface area contributed by atoms with Crippen LogP contribution in [0.15, 0.2) is 17.4 Å². The molecule has 2 atom stereocenters. The van der Waals surface area contributed by atoms with Crippen LogP contribution in [0.1, 0.15) is 27.7 Å². The molecule has 0 aliphatic rings. The fraction of sp³-hybridized carbons (Fsp3) is 0.643. The van der Waals surface area contributed by atoms with Crippen LogP contribution in [0.5, 0.6) is 0 Å². The van der Waals surface area contributed by atoms with Gasteiger partial charge in [-0.2, -0.15) is 0 Å². The van der Waals surface area contributed by atoms with E-state index in [-0.39, 0.29) is 5.04 Å². The molecular weight excluding hydrogens is 212 g/mol. The molecule has 0 aromatic carbocycles. The van der Waals surface area contributed by atoms with Crippen molar-refractivity contribution in [3.63, 3.8) is 0 Å². The van der Waals surface area contributed by atoms with E-state index < -0.39 is 14.2 Å². The van der Waals surface area contributed by atoms with Gasteiger partial charge in [0, 0.05) is 0 Å². The first-order chi connectivity index (χ1) is 7.15. The largest absolute Gasteiger partial charge is 0.387 e. The van der Waals surface area contributed by atoms with Gasteiger partial charge in [0.25, 0.3) is 0 Å². The number of hydrogen-bond acceptors (Lipinski definition) is 1. The van der Waals surface area contributed by atoms with Crippen molar-refractivity contribution in [2.45, 2.75) is 58.5 Å². The Morgan fingerprint density at radius 2 is 1.81 bits per heavy atom. The van der Waals surface area contributed by atoms with E-state index in [1.165, 1.54) is 0 Å². The van der Waals surface area contributed by atoms with Gasteiger partial charge >= 0.3 is 0 Å². The van der Waals surface area contributed by atoms with Crippen LogP contribution in [0, 0.1) is 11.8 Å². The summed E-state index contributed by atoms with van der Waals surface area (Å²) in [5.74, 6) is 6.16. The first-order valence-corrected chi connectivity index (χ1v) is 9.17. The molecule has 2 heteroatoms. The van der Waals surface area contributed by atoms with Gasteiger partial charge in [-0.25, -0.2) is 0 Å². The summed E-state index contributed by atoms with van der Waals surface area (Å²) in [6.45, 7) is 14.5. The zero-order valence-corrected chi connectivity index (χ0v) is 12.6. The molecule has 0 fully saturated rings. The molecule has 1 nitrogen and oxygen atoms in total. The number of aliphatic hydroxyl groups is 1.